The fourth-order valence-electron chi connectivity index (χ4n) is 11.6. The number of hydrogen-bond acceptors (Lipinski definition) is 15. The van der Waals surface area contributed by atoms with Crippen molar-refractivity contribution >= 4 is 53.8 Å². The van der Waals surface area contributed by atoms with Crippen molar-refractivity contribution in [3.8, 4) is 29.1 Å². The van der Waals surface area contributed by atoms with E-state index in [1.54, 1.807) is 68.4 Å². The molecule has 0 saturated carbocycles. The number of phosphoric ester groups is 1. The van der Waals surface area contributed by atoms with Crippen molar-refractivity contribution < 1.29 is 56.3 Å². The Balaban J connectivity index is 1.26. The molecule has 0 aliphatic carbocycles. The summed E-state index contributed by atoms with van der Waals surface area (Å²) in [6, 6.07) is 20.1. The SMILES string of the molecule is CCCCOP(=O)(OCCC#N)OCCCCCCCC(CCCCNC(=O)CCCN(CC)CC1=CC=CC(C)N1C)(CCCCC(=O)Cc1c(C)n(C(=O)c2ccc(Cl)cc2)c2ccc(OC)cc12)CCCNC(=O)CCCOc1cc(OC)cc(OC)c1. The smallest absolute Gasteiger partial charge is 0.474 e. The average Bonchev–Trinajstić information content (AvgIpc) is 1.62. The third-order valence-electron chi connectivity index (χ3n) is 17.2. The zero-order valence-corrected chi connectivity index (χ0v) is 57.4. The fourth-order valence-corrected chi connectivity index (χ4v) is 13.0. The molecule has 4 aromatic rings. The zero-order valence-electron chi connectivity index (χ0n) is 55.7. The number of benzene rings is 3. The molecule has 0 radical (unpaired) electrons. The number of ketones is 1. The molecule has 1 aromatic heterocycles. The molecule has 20 heteroatoms. The van der Waals surface area contributed by atoms with Crippen molar-refractivity contribution in [1.82, 2.24) is 25.0 Å². The second-order valence-electron chi connectivity index (χ2n) is 23.9. The van der Waals surface area contributed by atoms with Gasteiger partial charge in [-0.05, 0) is 157 Å². The predicted octanol–water partition coefficient (Wildman–Crippen LogP) is 15.1. The normalized spacial score (nSPS) is 14.4. The minimum Gasteiger partial charge on any atom is -0.497 e. The monoisotopic (exact) mass is 1300 g/mol. The fraction of sp³-hybridized carbons (Fsp3) is 0.592. The highest BCUT2D eigenvalue weighted by Gasteiger charge is 2.30. The number of carbonyl (C=O) groups excluding carboxylic acids is 4. The van der Waals surface area contributed by atoms with E-state index in [0.29, 0.717) is 115 Å². The van der Waals surface area contributed by atoms with Crippen LogP contribution in [0.4, 0.5) is 0 Å². The van der Waals surface area contributed by atoms with Gasteiger partial charge in [-0.15, -0.1) is 0 Å². The summed E-state index contributed by atoms with van der Waals surface area (Å²) in [5.74, 6) is 2.38. The number of hydrogen-bond donors (Lipinski definition) is 2. The number of halogens is 1. The molecular weight excluding hydrogens is 1200 g/mol. The summed E-state index contributed by atoms with van der Waals surface area (Å²) in [6.07, 6.45) is 22.9. The van der Waals surface area contributed by atoms with Crippen LogP contribution in [0, 0.1) is 23.7 Å². The summed E-state index contributed by atoms with van der Waals surface area (Å²) in [5.41, 5.74) is 3.87. The topological polar surface area (TPSA) is 209 Å². The first-order chi connectivity index (χ1) is 44.0. The maximum Gasteiger partial charge on any atom is 0.474 e. The number of unbranched alkanes of at least 4 members (excludes halogenated alkanes) is 7. The Morgan fingerprint density at radius 2 is 1.30 bits per heavy atom. The second-order valence-corrected chi connectivity index (χ2v) is 26.0. The van der Waals surface area contributed by atoms with Crippen LogP contribution in [0.3, 0.4) is 0 Å². The summed E-state index contributed by atoms with van der Waals surface area (Å²) in [7, 11) is 3.12. The first kappa shape index (κ1) is 75.5. The van der Waals surface area contributed by atoms with Crippen LogP contribution in [-0.2, 0) is 38.9 Å². The minimum absolute atomic E-state index is 0.0259. The lowest BCUT2D eigenvalue weighted by Gasteiger charge is -2.35. The van der Waals surface area contributed by atoms with Crippen LogP contribution >= 0.6 is 19.4 Å². The molecule has 0 spiro atoms. The third-order valence-corrected chi connectivity index (χ3v) is 18.9. The standard InChI is InChI=1S/C71H104ClN6O12P/c1-9-11-46-88-91(83,90-48-25-41-73)89-47-20-14-12-13-16-37-71(40-24-43-75-69(81)30-23-45-87-64-51-62(85-7)50-63(52-64)86-8,39-18-19-42-74-68(80)29-22-44-77(10-2)54-59-27-21-26-55(3)76(59)5)38-17-15-28-60(79)49-65-56(4)78(67-36-35-61(84-6)53-66(65)67)70(82)57-31-33-58(72)34-32-57/h21,26-27,31-36,50-53,55H,9-20,22-25,28-30,37-40,42-49,54H2,1-8H3,(H,74,80)(H,75,81). The van der Waals surface area contributed by atoms with Crippen LogP contribution in [-0.4, -0.2) is 131 Å². The number of phosphoric acid groups is 1. The first-order valence-electron chi connectivity index (χ1n) is 33.1. The number of nitrogens with zero attached hydrogens (tertiary/aromatic N) is 4. The number of aromatic nitrogens is 1. The Bertz CT molecular complexity index is 3010. The van der Waals surface area contributed by atoms with Crippen molar-refractivity contribution in [2.75, 3.05) is 87.5 Å². The highest BCUT2D eigenvalue weighted by molar-refractivity contribution is 7.48. The second kappa shape index (κ2) is 41.4. The van der Waals surface area contributed by atoms with Crippen LogP contribution in [0.25, 0.3) is 10.9 Å². The van der Waals surface area contributed by atoms with E-state index in [0.717, 1.165) is 120 Å². The van der Waals surface area contributed by atoms with E-state index in [2.05, 4.69) is 59.6 Å². The van der Waals surface area contributed by atoms with Crippen LogP contribution in [0.2, 0.25) is 5.02 Å². The molecule has 5 rings (SSSR count). The van der Waals surface area contributed by atoms with Gasteiger partial charge in [-0.3, -0.25) is 42.2 Å². The Morgan fingerprint density at radius 3 is 1.97 bits per heavy atom. The number of nitrogens with one attached hydrogen (secondary N) is 2. The van der Waals surface area contributed by atoms with E-state index < -0.39 is 7.82 Å². The number of likely N-dealkylation sites (N-methyl/N-ethyl adjacent to an activating group) is 2. The average molecular weight is 1300 g/mol. The number of Topliss-reactive ketones (excluding diaryl/α,β-unsaturated/α-hetero) is 1. The van der Waals surface area contributed by atoms with Gasteiger partial charge in [0, 0.05) is 104 Å². The molecule has 0 bridgehead atoms. The molecule has 3 atom stereocenters. The number of fused-ring (bicyclic) bond motifs is 1. The predicted molar refractivity (Wildman–Crippen MR) is 361 cm³/mol. The Morgan fingerprint density at radius 1 is 0.692 bits per heavy atom. The van der Waals surface area contributed by atoms with Gasteiger partial charge in [0.2, 0.25) is 11.8 Å². The van der Waals surface area contributed by atoms with Crippen LogP contribution in [0.15, 0.2) is 84.6 Å². The molecule has 3 aromatic carbocycles. The number of amides is 2. The highest BCUT2D eigenvalue weighted by atomic mass is 35.5. The maximum absolute atomic E-state index is 14.2. The van der Waals surface area contributed by atoms with E-state index >= 15 is 0 Å². The third kappa shape index (κ3) is 26.4. The highest BCUT2D eigenvalue weighted by Crippen LogP contribution is 2.50. The number of methoxy groups -OCH3 is 3. The quantitative estimate of drug-likeness (QED) is 0.0311. The minimum atomic E-state index is -3.78. The van der Waals surface area contributed by atoms with Crippen molar-refractivity contribution in [2.45, 2.75) is 181 Å². The molecule has 1 aliphatic rings. The largest absolute Gasteiger partial charge is 0.497 e. The Kier molecular flexibility index (Phi) is 34.4. The van der Waals surface area contributed by atoms with Gasteiger partial charge in [0.25, 0.3) is 5.91 Å². The van der Waals surface area contributed by atoms with Gasteiger partial charge in [0.05, 0.1) is 65.8 Å². The summed E-state index contributed by atoms with van der Waals surface area (Å²) in [5, 5.41) is 16.7. The van der Waals surface area contributed by atoms with Crippen LogP contribution in [0.5, 0.6) is 23.0 Å². The Labute approximate surface area is 547 Å². The molecule has 0 saturated heterocycles. The van der Waals surface area contributed by atoms with E-state index in [9.17, 15) is 23.7 Å². The number of rotatable bonds is 48. The van der Waals surface area contributed by atoms with Gasteiger partial charge in [-0.2, -0.15) is 5.26 Å². The number of ether oxygens (including phenoxy) is 4. The van der Waals surface area contributed by atoms with Crippen LogP contribution in [0.1, 0.15) is 184 Å². The summed E-state index contributed by atoms with van der Waals surface area (Å²) >= 11 is 6.19. The molecule has 2 amide bonds. The summed E-state index contributed by atoms with van der Waals surface area (Å²) < 4.78 is 54.0. The van der Waals surface area contributed by atoms with E-state index in [4.69, 9.17) is 49.4 Å². The van der Waals surface area contributed by atoms with E-state index in [1.807, 2.05) is 38.1 Å². The van der Waals surface area contributed by atoms with Gasteiger partial charge < -0.3 is 34.5 Å². The lowest BCUT2D eigenvalue weighted by molar-refractivity contribution is -0.122. The van der Waals surface area contributed by atoms with Gasteiger partial charge in [0.1, 0.15) is 28.8 Å². The van der Waals surface area contributed by atoms with Crippen molar-refractivity contribution in [3.05, 3.63) is 106 Å². The van der Waals surface area contributed by atoms with Crippen molar-refractivity contribution in [1.29, 1.82) is 5.26 Å². The number of allylic oxidation sites excluding steroid dienone is 2. The zero-order chi connectivity index (χ0) is 65.9. The molecule has 0 fully saturated rings. The van der Waals surface area contributed by atoms with E-state index in [-0.39, 0.29) is 61.6 Å². The molecule has 91 heavy (non-hydrogen) atoms. The summed E-state index contributed by atoms with van der Waals surface area (Å²) in [6.45, 7) is 12.8. The van der Waals surface area contributed by atoms with Gasteiger partial charge in [0.15, 0.2) is 0 Å². The lowest BCUT2D eigenvalue weighted by Crippen LogP contribution is -2.36. The van der Waals surface area contributed by atoms with Crippen molar-refractivity contribution in [3.63, 3.8) is 0 Å². The Hall–Kier alpha value is -6.19. The molecule has 1 aliphatic heterocycles. The number of carbonyl (C=O) groups is 4. The van der Waals surface area contributed by atoms with Gasteiger partial charge in [-0.25, -0.2) is 4.57 Å². The molecule has 2 heterocycles. The summed E-state index contributed by atoms with van der Waals surface area (Å²) in [4.78, 5) is 59.5. The molecule has 3 unspecified atom stereocenters. The number of nitriles is 1. The van der Waals surface area contributed by atoms with Crippen molar-refractivity contribution in [2.24, 2.45) is 5.41 Å². The molecule has 2 N–H and O–H groups in total. The van der Waals surface area contributed by atoms with E-state index in [1.165, 1.54) is 5.70 Å². The van der Waals surface area contributed by atoms with Crippen LogP contribution < -0.4 is 29.6 Å². The molecule has 18 nitrogen and oxygen atoms in total. The molecular formula is C71H104ClN6O12P. The van der Waals surface area contributed by atoms with Gasteiger partial charge >= 0.3 is 7.82 Å². The first-order valence-corrected chi connectivity index (χ1v) is 35.0. The molecule has 502 valence electrons. The lowest BCUT2D eigenvalue weighted by atomic mass is 9.71. The van der Waals surface area contributed by atoms with Gasteiger partial charge in [-0.1, -0.05) is 82.5 Å². The maximum atomic E-state index is 14.2.